The van der Waals surface area contributed by atoms with E-state index in [2.05, 4.69) is 31.3 Å². The number of rotatable bonds is 25. The van der Waals surface area contributed by atoms with Gasteiger partial charge >= 0.3 is 12.1 Å². The van der Waals surface area contributed by atoms with Crippen molar-refractivity contribution in [1.82, 2.24) is 5.32 Å². The average Bonchev–Trinajstić information content (AvgIpc) is 2.81. The zero-order valence-corrected chi connectivity index (χ0v) is 22.5. The number of hydrogen-bond donors (Lipinski definition) is 2. The third kappa shape index (κ3) is 25.1. The minimum atomic E-state index is -1.05. The minimum Gasteiger partial charge on any atom is -0.465 e. The van der Waals surface area contributed by atoms with E-state index in [1.807, 2.05) is 0 Å². The molecule has 5 heteroatoms. The van der Waals surface area contributed by atoms with Crippen molar-refractivity contribution in [3.8, 4) is 0 Å². The molecule has 0 heterocycles. The second-order valence-corrected chi connectivity index (χ2v) is 9.67. The molecule has 2 N–H and O–H groups in total. The molecule has 1 amide bonds. The molecule has 5 nitrogen and oxygen atoms in total. The molecule has 0 aliphatic carbocycles. The average molecular weight is 482 g/mol. The summed E-state index contributed by atoms with van der Waals surface area (Å²) in [7, 11) is 0. The lowest BCUT2D eigenvalue weighted by Gasteiger charge is -2.17. The fraction of sp³-hybridized carbons (Fsp3) is 0.862. The Morgan fingerprint density at radius 2 is 1.24 bits per heavy atom. The predicted molar refractivity (Wildman–Crippen MR) is 143 cm³/mol. The molecule has 0 aromatic rings. The van der Waals surface area contributed by atoms with Gasteiger partial charge in [0.2, 0.25) is 0 Å². The van der Waals surface area contributed by atoms with Crippen LogP contribution >= 0.6 is 0 Å². The summed E-state index contributed by atoms with van der Waals surface area (Å²) in [6.45, 7) is 4.77. The van der Waals surface area contributed by atoms with Crippen molar-refractivity contribution in [3.63, 3.8) is 0 Å². The van der Waals surface area contributed by atoms with Gasteiger partial charge in [0.05, 0.1) is 0 Å². The molecular weight excluding hydrogens is 426 g/mol. The second-order valence-electron chi connectivity index (χ2n) is 9.67. The molecule has 0 aliphatic rings. The largest absolute Gasteiger partial charge is 0.465 e. The number of carboxylic acid groups (broad SMARTS) is 1. The van der Waals surface area contributed by atoms with Gasteiger partial charge in [-0.3, -0.25) is 4.79 Å². The molecule has 200 valence electrons. The van der Waals surface area contributed by atoms with Crippen molar-refractivity contribution in [2.24, 2.45) is 0 Å². The molecular formula is C29H55NO4. The molecule has 0 aromatic heterocycles. The Bertz CT molecular complexity index is 493. The van der Waals surface area contributed by atoms with Crippen LogP contribution in [0.5, 0.6) is 0 Å². The Labute approximate surface area is 210 Å². The first kappa shape index (κ1) is 32.5. The van der Waals surface area contributed by atoms with Gasteiger partial charge in [-0.1, -0.05) is 109 Å². The van der Waals surface area contributed by atoms with Crippen molar-refractivity contribution in [3.05, 3.63) is 12.2 Å². The number of allylic oxidation sites excluding steroid dienone is 2. The summed E-state index contributed by atoms with van der Waals surface area (Å²) in [4.78, 5) is 22.7. The Morgan fingerprint density at radius 3 is 1.82 bits per heavy atom. The van der Waals surface area contributed by atoms with E-state index in [-0.39, 0.29) is 25.0 Å². The molecule has 0 aliphatic heterocycles. The Balaban J connectivity index is 4.04. The van der Waals surface area contributed by atoms with Crippen molar-refractivity contribution < 1.29 is 19.4 Å². The standard InChI is InChI=1S/C29H55NO4/c1-3-5-7-9-11-12-13-14-15-17-19-21-24-27(23-20-18-16-10-8-6-4-2)34-28(31)25-22-26-30-29(32)33/h16,18,27,30H,3-15,17,19-26H2,1-2H3,(H,32,33)/b18-16+. The number of unbranched alkanes of at least 4 members (excludes halogenated alkanes) is 14. The molecule has 1 atom stereocenters. The van der Waals surface area contributed by atoms with Crippen molar-refractivity contribution in [2.75, 3.05) is 6.54 Å². The molecule has 0 bridgehead atoms. The smallest absolute Gasteiger partial charge is 0.404 e. The van der Waals surface area contributed by atoms with E-state index >= 15 is 0 Å². The van der Waals surface area contributed by atoms with E-state index < -0.39 is 6.09 Å². The van der Waals surface area contributed by atoms with Crippen LogP contribution < -0.4 is 5.32 Å². The molecule has 0 rings (SSSR count). The van der Waals surface area contributed by atoms with Crippen LogP contribution in [-0.4, -0.2) is 29.8 Å². The van der Waals surface area contributed by atoms with Gasteiger partial charge in [-0.25, -0.2) is 4.79 Å². The van der Waals surface area contributed by atoms with Crippen LogP contribution in [0.1, 0.15) is 149 Å². The van der Waals surface area contributed by atoms with Gasteiger partial charge in [-0.15, -0.1) is 0 Å². The SMILES string of the molecule is CCCCC/C=C/CCC(CCCCCCCCCCCCCC)OC(=O)CCCNC(=O)O. The van der Waals surface area contributed by atoms with E-state index in [4.69, 9.17) is 9.84 Å². The topological polar surface area (TPSA) is 75.6 Å². The summed E-state index contributed by atoms with van der Waals surface area (Å²) in [6.07, 6.45) is 27.7. The number of ether oxygens (including phenoxy) is 1. The zero-order valence-electron chi connectivity index (χ0n) is 22.5. The van der Waals surface area contributed by atoms with Gasteiger partial charge in [-0.05, 0) is 44.9 Å². The first-order valence-corrected chi connectivity index (χ1v) is 14.4. The van der Waals surface area contributed by atoms with Crippen molar-refractivity contribution in [2.45, 2.75) is 155 Å². The second kappa shape index (κ2) is 26.1. The lowest BCUT2D eigenvalue weighted by molar-refractivity contribution is -0.149. The molecule has 0 fully saturated rings. The lowest BCUT2D eigenvalue weighted by Crippen LogP contribution is -2.23. The van der Waals surface area contributed by atoms with E-state index in [1.54, 1.807) is 0 Å². The van der Waals surface area contributed by atoms with Crippen LogP contribution in [0, 0.1) is 0 Å². The molecule has 0 aromatic carbocycles. The number of carbonyl (C=O) groups excluding carboxylic acids is 1. The van der Waals surface area contributed by atoms with Crippen LogP contribution in [0.2, 0.25) is 0 Å². The van der Waals surface area contributed by atoms with Crippen molar-refractivity contribution in [1.29, 1.82) is 0 Å². The summed E-state index contributed by atoms with van der Waals surface area (Å²) in [5.74, 6) is -0.206. The van der Waals surface area contributed by atoms with Crippen LogP contribution in [-0.2, 0) is 9.53 Å². The highest BCUT2D eigenvalue weighted by Crippen LogP contribution is 2.17. The van der Waals surface area contributed by atoms with E-state index in [1.165, 1.54) is 89.9 Å². The summed E-state index contributed by atoms with van der Waals surface area (Å²) in [5.41, 5.74) is 0. The number of hydrogen-bond acceptors (Lipinski definition) is 3. The molecule has 1 unspecified atom stereocenters. The summed E-state index contributed by atoms with van der Waals surface area (Å²) >= 11 is 0. The van der Waals surface area contributed by atoms with E-state index in [0.717, 1.165) is 32.1 Å². The van der Waals surface area contributed by atoms with Crippen molar-refractivity contribution >= 4 is 12.1 Å². The van der Waals surface area contributed by atoms with Gasteiger partial charge in [0.1, 0.15) is 6.10 Å². The summed E-state index contributed by atoms with van der Waals surface area (Å²) < 4.78 is 5.75. The maximum absolute atomic E-state index is 12.2. The fourth-order valence-corrected chi connectivity index (χ4v) is 4.18. The van der Waals surface area contributed by atoms with E-state index in [9.17, 15) is 9.59 Å². The monoisotopic (exact) mass is 481 g/mol. The molecule has 0 spiro atoms. The maximum Gasteiger partial charge on any atom is 0.404 e. The normalized spacial score (nSPS) is 12.2. The number of carbonyl (C=O) groups is 2. The van der Waals surface area contributed by atoms with Crippen LogP contribution in [0.15, 0.2) is 12.2 Å². The number of esters is 1. The molecule has 0 saturated carbocycles. The van der Waals surface area contributed by atoms with Gasteiger partial charge < -0.3 is 15.2 Å². The highest BCUT2D eigenvalue weighted by Gasteiger charge is 2.14. The van der Waals surface area contributed by atoms with Gasteiger partial charge in [0.15, 0.2) is 0 Å². The van der Waals surface area contributed by atoms with E-state index in [0.29, 0.717) is 6.42 Å². The summed E-state index contributed by atoms with van der Waals surface area (Å²) in [6, 6.07) is 0. The predicted octanol–water partition coefficient (Wildman–Crippen LogP) is 8.95. The molecule has 34 heavy (non-hydrogen) atoms. The van der Waals surface area contributed by atoms with Gasteiger partial charge in [0.25, 0.3) is 0 Å². The van der Waals surface area contributed by atoms with Gasteiger partial charge in [0, 0.05) is 13.0 Å². The van der Waals surface area contributed by atoms with Crippen LogP contribution in [0.25, 0.3) is 0 Å². The highest BCUT2D eigenvalue weighted by atomic mass is 16.5. The van der Waals surface area contributed by atoms with Gasteiger partial charge in [-0.2, -0.15) is 0 Å². The first-order chi connectivity index (χ1) is 16.6. The number of amides is 1. The highest BCUT2D eigenvalue weighted by molar-refractivity contribution is 5.69. The minimum absolute atomic E-state index is 0.0247. The third-order valence-corrected chi connectivity index (χ3v) is 6.31. The Hall–Kier alpha value is -1.52. The number of nitrogens with one attached hydrogen (secondary N) is 1. The lowest BCUT2D eigenvalue weighted by atomic mass is 10.0. The Kier molecular flexibility index (Phi) is 24.9. The molecule has 0 saturated heterocycles. The molecule has 0 radical (unpaired) electrons. The maximum atomic E-state index is 12.2. The van der Waals surface area contributed by atoms with Crippen LogP contribution in [0.4, 0.5) is 4.79 Å². The fourth-order valence-electron chi connectivity index (χ4n) is 4.18. The quantitative estimate of drug-likeness (QED) is 0.0775. The third-order valence-electron chi connectivity index (χ3n) is 6.31. The van der Waals surface area contributed by atoms with Crippen LogP contribution in [0.3, 0.4) is 0 Å². The summed E-state index contributed by atoms with van der Waals surface area (Å²) in [5, 5.41) is 10.9. The first-order valence-electron chi connectivity index (χ1n) is 14.4. The Morgan fingerprint density at radius 1 is 0.706 bits per heavy atom. The zero-order chi connectivity index (χ0) is 25.1.